The van der Waals surface area contributed by atoms with Crippen LogP contribution in [0.2, 0.25) is 0 Å². The number of alkyl halides is 6. The van der Waals surface area contributed by atoms with Gasteiger partial charge in [0.15, 0.2) is 0 Å². The summed E-state index contributed by atoms with van der Waals surface area (Å²) in [5.41, 5.74) is -4.10. The molecule has 0 saturated carbocycles. The second-order valence-corrected chi connectivity index (χ2v) is 8.08. The van der Waals surface area contributed by atoms with Crippen LogP contribution in [-0.2, 0) is 30.1 Å². The maximum Gasteiger partial charge on any atom is 0.417 e. The van der Waals surface area contributed by atoms with Gasteiger partial charge in [-0.1, -0.05) is 18.2 Å². The number of halogens is 6. The minimum atomic E-state index is -5.06. The number of carboxylic acids is 1. The van der Waals surface area contributed by atoms with Crippen LogP contribution in [0.4, 0.5) is 26.3 Å². The number of aromatic nitrogens is 3. The molecule has 0 saturated heterocycles. The predicted octanol–water partition coefficient (Wildman–Crippen LogP) is 4.72. The Morgan fingerprint density at radius 2 is 1.70 bits per heavy atom. The molecule has 0 radical (unpaired) electrons. The van der Waals surface area contributed by atoms with E-state index in [1.54, 1.807) is 12.1 Å². The van der Waals surface area contributed by atoms with E-state index in [4.69, 9.17) is 5.11 Å². The van der Waals surface area contributed by atoms with E-state index in [9.17, 15) is 35.9 Å². The highest BCUT2D eigenvalue weighted by molar-refractivity contribution is 7.18. The number of nitrogens with zero attached hydrogens (tertiary/aromatic N) is 3. The van der Waals surface area contributed by atoms with Crippen LogP contribution in [0.15, 0.2) is 41.2 Å². The lowest BCUT2D eigenvalue weighted by Crippen LogP contribution is -2.26. The minimum Gasteiger partial charge on any atom is -0.481 e. The molecular formula is C20H11F6N3O3S. The summed E-state index contributed by atoms with van der Waals surface area (Å²) < 4.78 is 79.9. The molecule has 13 heteroatoms. The van der Waals surface area contributed by atoms with Gasteiger partial charge in [-0.3, -0.25) is 9.59 Å². The van der Waals surface area contributed by atoms with Crippen molar-refractivity contribution < 1.29 is 36.2 Å². The lowest BCUT2D eigenvalue weighted by Gasteiger charge is -2.12. The quantitative estimate of drug-likeness (QED) is 0.421. The Kier molecular flexibility index (Phi) is 5.39. The van der Waals surface area contributed by atoms with E-state index in [0.29, 0.717) is 22.8 Å². The van der Waals surface area contributed by atoms with Gasteiger partial charge in [-0.05, 0) is 18.2 Å². The van der Waals surface area contributed by atoms with Crippen LogP contribution >= 0.6 is 11.3 Å². The van der Waals surface area contributed by atoms with Crippen molar-refractivity contribution in [3.63, 3.8) is 0 Å². The van der Waals surface area contributed by atoms with Gasteiger partial charge in [0, 0.05) is 5.39 Å². The average Bonchev–Trinajstić information content (AvgIpc) is 3.11. The lowest BCUT2D eigenvalue weighted by atomic mass is 10.1. The van der Waals surface area contributed by atoms with E-state index in [-0.39, 0.29) is 22.2 Å². The number of benzene rings is 2. The Bertz CT molecular complexity index is 1460. The second-order valence-electron chi connectivity index (χ2n) is 7.00. The average molecular weight is 487 g/mol. The number of hydrogen-bond donors (Lipinski definition) is 1. The van der Waals surface area contributed by atoms with Crippen molar-refractivity contribution in [3.05, 3.63) is 68.6 Å². The van der Waals surface area contributed by atoms with E-state index in [0.717, 1.165) is 4.68 Å². The molecule has 0 unspecified atom stereocenters. The molecule has 0 atom stereocenters. The fraction of sp³-hybridized carbons (Fsp3) is 0.200. The zero-order valence-corrected chi connectivity index (χ0v) is 17.0. The monoisotopic (exact) mass is 487 g/mol. The summed E-state index contributed by atoms with van der Waals surface area (Å²) in [6.07, 6.45) is -10.6. The van der Waals surface area contributed by atoms with Crippen molar-refractivity contribution in [1.82, 2.24) is 14.8 Å². The number of carboxylic acid groups (broad SMARTS) is 1. The molecule has 0 bridgehead atoms. The van der Waals surface area contributed by atoms with E-state index in [2.05, 4.69) is 10.1 Å². The van der Waals surface area contributed by atoms with Gasteiger partial charge in [-0.2, -0.15) is 31.4 Å². The van der Waals surface area contributed by atoms with Gasteiger partial charge in [0.25, 0.3) is 5.56 Å². The molecule has 1 N–H and O–H groups in total. The van der Waals surface area contributed by atoms with Crippen LogP contribution in [0.5, 0.6) is 0 Å². The van der Waals surface area contributed by atoms with Crippen molar-refractivity contribution >= 4 is 38.3 Å². The summed E-state index contributed by atoms with van der Waals surface area (Å²) >= 11 is 0.484. The second kappa shape index (κ2) is 7.83. The third-order valence-electron chi connectivity index (χ3n) is 4.72. The van der Waals surface area contributed by atoms with Crippen molar-refractivity contribution in [2.75, 3.05) is 0 Å². The Morgan fingerprint density at radius 3 is 2.30 bits per heavy atom. The van der Waals surface area contributed by atoms with Crippen LogP contribution in [0.25, 0.3) is 21.0 Å². The normalized spacial score (nSPS) is 12.5. The third-order valence-corrected chi connectivity index (χ3v) is 5.80. The summed E-state index contributed by atoms with van der Waals surface area (Å²) in [7, 11) is 0. The van der Waals surface area contributed by atoms with E-state index >= 15 is 0 Å². The molecular weight excluding hydrogens is 476 g/mol. The van der Waals surface area contributed by atoms with Crippen molar-refractivity contribution in [2.45, 2.75) is 25.3 Å². The van der Waals surface area contributed by atoms with E-state index in [1.165, 1.54) is 12.1 Å². The summed E-state index contributed by atoms with van der Waals surface area (Å²) in [6, 6.07) is 6.62. The minimum absolute atomic E-state index is 0.0235. The van der Waals surface area contributed by atoms with Crippen LogP contribution in [0.1, 0.15) is 21.8 Å². The van der Waals surface area contributed by atoms with Gasteiger partial charge < -0.3 is 5.11 Å². The van der Waals surface area contributed by atoms with E-state index < -0.39 is 58.2 Å². The highest BCUT2D eigenvalue weighted by atomic mass is 32.1. The highest BCUT2D eigenvalue weighted by Gasteiger charge is 2.39. The van der Waals surface area contributed by atoms with Crippen LogP contribution in [0, 0.1) is 0 Å². The SMILES string of the molecule is O=C(O)Cc1nn(Cc2nc3cc(C(F)(F)F)cc(C(F)(F)F)c3s2)c(=O)c2ccccc12. The fourth-order valence-corrected chi connectivity index (χ4v) is 4.40. The Hall–Kier alpha value is -3.48. The summed E-state index contributed by atoms with van der Waals surface area (Å²) in [4.78, 5) is 27.9. The Balaban J connectivity index is 1.87. The molecule has 2 aromatic carbocycles. The largest absolute Gasteiger partial charge is 0.481 e. The van der Waals surface area contributed by atoms with Crippen molar-refractivity contribution in [2.24, 2.45) is 0 Å². The first kappa shape index (κ1) is 22.7. The zero-order valence-electron chi connectivity index (χ0n) is 16.2. The molecule has 4 aromatic rings. The first-order chi connectivity index (χ1) is 15.3. The van der Waals surface area contributed by atoms with Gasteiger partial charge >= 0.3 is 18.3 Å². The Morgan fingerprint density at radius 1 is 1.03 bits per heavy atom. The highest BCUT2D eigenvalue weighted by Crippen LogP contribution is 2.41. The van der Waals surface area contributed by atoms with Crippen LogP contribution in [-0.4, -0.2) is 25.8 Å². The molecule has 6 nitrogen and oxygen atoms in total. The first-order valence-corrected chi connectivity index (χ1v) is 9.94. The number of aliphatic carboxylic acids is 1. The zero-order chi connectivity index (χ0) is 24.1. The maximum absolute atomic E-state index is 13.4. The molecule has 33 heavy (non-hydrogen) atoms. The predicted molar refractivity (Wildman–Crippen MR) is 106 cm³/mol. The molecule has 0 spiro atoms. The van der Waals surface area contributed by atoms with Gasteiger partial charge in [-0.15, -0.1) is 11.3 Å². The van der Waals surface area contributed by atoms with Crippen LogP contribution < -0.4 is 5.56 Å². The summed E-state index contributed by atoms with van der Waals surface area (Å²) in [5, 5.41) is 13.5. The molecule has 2 heterocycles. The van der Waals surface area contributed by atoms with E-state index in [1.807, 2.05) is 0 Å². The van der Waals surface area contributed by atoms with Crippen molar-refractivity contribution in [1.29, 1.82) is 0 Å². The molecule has 0 fully saturated rings. The standard InChI is InChI=1S/C20H11F6N3O3S/c21-19(22,23)9-5-12(20(24,25)26)17-14(6-9)27-15(33-17)8-29-18(32)11-4-2-1-3-10(11)13(28-29)7-16(30)31/h1-6H,7-8H2,(H,30,31). The molecule has 0 amide bonds. The molecule has 172 valence electrons. The molecule has 2 aromatic heterocycles. The molecule has 0 aliphatic heterocycles. The van der Waals surface area contributed by atoms with Gasteiger partial charge in [0.05, 0.1) is 45.4 Å². The van der Waals surface area contributed by atoms with Crippen molar-refractivity contribution in [3.8, 4) is 0 Å². The topological polar surface area (TPSA) is 85.1 Å². The molecule has 4 rings (SSSR count). The maximum atomic E-state index is 13.4. The van der Waals surface area contributed by atoms with Gasteiger partial charge in [-0.25, -0.2) is 9.67 Å². The number of hydrogen-bond acceptors (Lipinski definition) is 5. The smallest absolute Gasteiger partial charge is 0.417 e. The molecule has 0 aliphatic rings. The molecule has 0 aliphatic carbocycles. The number of fused-ring (bicyclic) bond motifs is 2. The van der Waals surface area contributed by atoms with Crippen LogP contribution in [0.3, 0.4) is 0 Å². The number of thiazole rings is 1. The first-order valence-electron chi connectivity index (χ1n) is 9.13. The number of carbonyl (C=O) groups is 1. The number of rotatable bonds is 4. The summed E-state index contributed by atoms with van der Waals surface area (Å²) in [5.74, 6) is -1.22. The van der Waals surface area contributed by atoms with Gasteiger partial charge in [0.1, 0.15) is 5.01 Å². The van der Waals surface area contributed by atoms with Gasteiger partial charge in [0.2, 0.25) is 0 Å². The fourth-order valence-electron chi connectivity index (χ4n) is 3.34. The third kappa shape index (κ3) is 4.40. The summed E-state index contributed by atoms with van der Waals surface area (Å²) in [6.45, 7) is -0.450. The Labute approximate surface area is 183 Å². The lowest BCUT2D eigenvalue weighted by molar-refractivity contribution is -0.142.